The summed E-state index contributed by atoms with van der Waals surface area (Å²) in [6.45, 7) is -0.120. The van der Waals surface area contributed by atoms with Crippen molar-refractivity contribution in [2.45, 2.75) is 25.1 Å². The lowest BCUT2D eigenvalue weighted by Crippen LogP contribution is -2.46. The molecule has 1 heterocycles. The van der Waals surface area contributed by atoms with Gasteiger partial charge in [-0.05, 0) is 6.42 Å². The van der Waals surface area contributed by atoms with Gasteiger partial charge < -0.3 is 5.11 Å². The summed E-state index contributed by atoms with van der Waals surface area (Å²) < 4.78 is 36.4. The van der Waals surface area contributed by atoms with E-state index in [-0.39, 0.29) is 13.0 Å². The third kappa shape index (κ3) is 2.64. The van der Waals surface area contributed by atoms with Crippen molar-refractivity contribution in [1.82, 2.24) is 4.90 Å². The summed E-state index contributed by atoms with van der Waals surface area (Å²) in [4.78, 5) is 1.34. The van der Waals surface area contributed by atoms with Gasteiger partial charge in [0.15, 0.2) is 0 Å². The Morgan fingerprint density at radius 2 is 2.17 bits per heavy atom. The molecule has 1 rings (SSSR count). The van der Waals surface area contributed by atoms with Crippen LogP contribution in [0.25, 0.3) is 0 Å². The van der Waals surface area contributed by atoms with Crippen LogP contribution in [0.15, 0.2) is 0 Å². The van der Waals surface area contributed by atoms with E-state index in [0.29, 0.717) is 6.54 Å². The molecule has 0 aromatic rings. The second kappa shape index (κ2) is 4.09. The molecule has 2 atom stereocenters. The van der Waals surface area contributed by atoms with Gasteiger partial charge >= 0.3 is 0 Å². The van der Waals surface area contributed by atoms with Crippen LogP contribution in [-0.4, -0.2) is 48.3 Å². The minimum atomic E-state index is -2.42. The number of aliphatic hydroxyl groups excluding tert-OH is 1. The van der Waals surface area contributed by atoms with Gasteiger partial charge in [0.2, 0.25) is 0 Å². The van der Waals surface area contributed by atoms with Crippen molar-refractivity contribution in [2.24, 2.45) is 0 Å². The topological polar surface area (TPSA) is 23.5 Å². The number of aliphatic hydroxyl groups is 1. The monoisotopic (exact) mass is 183 g/mol. The van der Waals surface area contributed by atoms with E-state index >= 15 is 0 Å². The number of halogens is 3. The lowest BCUT2D eigenvalue weighted by molar-refractivity contribution is -0.0129. The predicted octanol–water partition coefficient (Wildman–Crippen LogP) is 0.656. The van der Waals surface area contributed by atoms with Gasteiger partial charge in [-0.3, -0.25) is 4.90 Å². The normalized spacial score (nSPS) is 32.8. The summed E-state index contributed by atoms with van der Waals surface area (Å²) in [5, 5.41) is 8.94. The minimum Gasteiger partial charge on any atom is -0.390 e. The Morgan fingerprint density at radius 3 is 2.67 bits per heavy atom. The molecular formula is C7H12F3NO. The first-order valence-corrected chi connectivity index (χ1v) is 3.92. The fourth-order valence-corrected chi connectivity index (χ4v) is 1.32. The van der Waals surface area contributed by atoms with Crippen LogP contribution < -0.4 is 0 Å². The summed E-state index contributed by atoms with van der Waals surface area (Å²) in [6.07, 6.45) is -4.53. The standard InChI is InChI=1S/C7H12F3NO/c8-5-3-11(4-7(9)10)2-1-6(5)12/h5-7,12H,1-4H2. The van der Waals surface area contributed by atoms with Crippen molar-refractivity contribution in [1.29, 1.82) is 0 Å². The predicted molar refractivity (Wildman–Crippen MR) is 38.0 cm³/mol. The molecule has 0 amide bonds. The smallest absolute Gasteiger partial charge is 0.251 e. The van der Waals surface area contributed by atoms with Crippen LogP contribution in [0.5, 0.6) is 0 Å². The molecule has 2 nitrogen and oxygen atoms in total. The molecule has 0 bridgehead atoms. The summed E-state index contributed by atoms with van der Waals surface area (Å²) in [5.74, 6) is 0. The summed E-state index contributed by atoms with van der Waals surface area (Å²) in [6, 6.07) is 0. The molecule has 5 heteroatoms. The second-order valence-electron chi connectivity index (χ2n) is 3.02. The second-order valence-corrected chi connectivity index (χ2v) is 3.02. The largest absolute Gasteiger partial charge is 0.390 e. The molecule has 0 radical (unpaired) electrons. The van der Waals surface area contributed by atoms with Gasteiger partial charge in [0, 0.05) is 13.1 Å². The Hall–Kier alpha value is -0.290. The van der Waals surface area contributed by atoms with Gasteiger partial charge in [-0.25, -0.2) is 13.2 Å². The number of nitrogens with zero attached hydrogens (tertiary/aromatic N) is 1. The van der Waals surface area contributed by atoms with E-state index in [0.717, 1.165) is 0 Å². The summed E-state index contributed by atoms with van der Waals surface area (Å²) >= 11 is 0. The number of hydrogen-bond donors (Lipinski definition) is 1. The molecule has 12 heavy (non-hydrogen) atoms. The van der Waals surface area contributed by atoms with Crippen molar-refractivity contribution in [3.63, 3.8) is 0 Å². The van der Waals surface area contributed by atoms with Gasteiger partial charge in [0.05, 0.1) is 12.6 Å². The molecule has 0 saturated carbocycles. The third-order valence-corrected chi connectivity index (χ3v) is 1.99. The lowest BCUT2D eigenvalue weighted by atomic mass is 10.1. The molecular weight excluding hydrogens is 171 g/mol. The van der Waals surface area contributed by atoms with Crippen LogP contribution >= 0.6 is 0 Å². The SMILES string of the molecule is OC1CCN(CC(F)F)CC1F. The van der Waals surface area contributed by atoms with Gasteiger partial charge in [0.1, 0.15) is 6.17 Å². The van der Waals surface area contributed by atoms with Crippen LogP contribution in [0.3, 0.4) is 0 Å². The van der Waals surface area contributed by atoms with E-state index < -0.39 is 25.2 Å². The molecule has 0 spiro atoms. The zero-order valence-electron chi connectivity index (χ0n) is 6.59. The fraction of sp³-hybridized carbons (Fsp3) is 1.00. The Morgan fingerprint density at radius 1 is 1.50 bits per heavy atom. The average Bonchev–Trinajstić information content (AvgIpc) is 1.96. The van der Waals surface area contributed by atoms with Gasteiger partial charge in [-0.15, -0.1) is 0 Å². The summed E-state index contributed by atoms with van der Waals surface area (Å²) in [7, 11) is 0. The fourth-order valence-electron chi connectivity index (χ4n) is 1.32. The van der Waals surface area contributed by atoms with E-state index in [1.54, 1.807) is 0 Å². The molecule has 1 fully saturated rings. The van der Waals surface area contributed by atoms with Gasteiger partial charge in [0.25, 0.3) is 6.43 Å². The number of likely N-dealkylation sites (tertiary alicyclic amines) is 1. The van der Waals surface area contributed by atoms with E-state index in [1.165, 1.54) is 4.90 Å². The molecule has 0 aromatic carbocycles. The van der Waals surface area contributed by atoms with Crippen LogP contribution in [0.4, 0.5) is 13.2 Å². The molecule has 1 aliphatic rings. The Kier molecular flexibility index (Phi) is 3.34. The van der Waals surface area contributed by atoms with E-state index in [4.69, 9.17) is 5.11 Å². The van der Waals surface area contributed by atoms with Crippen LogP contribution in [0.1, 0.15) is 6.42 Å². The highest BCUT2D eigenvalue weighted by Gasteiger charge is 2.28. The van der Waals surface area contributed by atoms with Crippen molar-refractivity contribution in [3.05, 3.63) is 0 Å². The van der Waals surface area contributed by atoms with Crippen LogP contribution in [0.2, 0.25) is 0 Å². The molecule has 1 aliphatic heterocycles. The molecule has 72 valence electrons. The van der Waals surface area contributed by atoms with Gasteiger partial charge in [-0.2, -0.15) is 0 Å². The number of alkyl halides is 3. The van der Waals surface area contributed by atoms with Crippen LogP contribution in [0, 0.1) is 0 Å². The average molecular weight is 183 g/mol. The Bertz CT molecular complexity index is 145. The molecule has 2 unspecified atom stereocenters. The van der Waals surface area contributed by atoms with E-state index in [9.17, 15) is 13.2 Å². The van der Waals surface area contributed by atoms with E-state index in [1.807, 2.05) is 0 Å². The molecule has 1 N–H and O–H groups in total. The first-order chi connectivity index (χ1) is 5.59. The van der Waals surface area contributed by atoms with Crippen molar-refractivity contribution in [3.8, 4) is 0 Å². The molecule has 0 aliphatic carbocycles. The third-order valence-electron chi connectivity index (χ3n) is 1.99. The number of piperidine rings is 1. The van der Waals surface area contributed by atoms with Crippen molar-refractivity contribution >= 4 is 0 Å². The van der Waals surface area contributed by atoms with Crippen LogP contribution in [-0.2, 0) is 0 Å². The highest BCUT2D eigenvalue weighted by Crippen LogP contribution is 2.14. The van der Waals surface area contributed by atoms with E-state index in [2.05, 4.69) is 0 Å². The maximum Gasteiger partial charge on any atom is 0.251 e. The highest BCUT2D eigenvalue weighted by atomic mass is 19.3. The molecule has 0 aromatic heterocycles. The zero-order valence-corrected chi connectivity index (χ0v) is 6.59. The molecule has 1 saturated heterocycles. The first kappa shape index (κ1) is 9.80. The Labute approximate surface area is 69.0 Å². The van der Waals surface area contributed by atoms with Gasteiger partial charge in [-0.1, -0.05) is 0 Å². The highest BCUT2D eigenvalue weighted by molar-refractivity contribution is 4.79. The maximum atomic E-state index is 12.7. The minimum absolute atomic E-state index is 0.0779. The maximum absolute atomic E-state index is 12.7. The number of hydrogen-bond acceptors (Lipinski definition) is 2. The zero-order chi connectivity index (χ0) is 9.14. The first-order valence-electron chi connectivity index (χ1n) is 3.92. The lowest BCUT2D eigenvalue weighted by Gasteiger charge is -2.31. The number of rotatable bonds is 2. The van der Waals surface area contributed by atoms with Crippen molar-refractivity contribution < 1.29 is 18.3 Å². The summed E-state index contributed by atoms with van der Waals surface area (Å²) in [5.41, 5.74) is 0. The quantitative estimate of drug-likeness (QED) is 0.679. The Balaban J connectivity index is 2.30. The van der Waals surface area contributed by atoms with Crippen molar-refractivity contribution in [2.75, 3.05) is 19.6 Å².